The molecule has 18 heavy (non-hydrogen) atoms. The number of hydrogen-bond acceptors (Lipinski definition) is 3. The average Bonchev–Trinajstić information content (AvgIpc) is 2.72. The Morgan fingerprint density at radius 2 is 1.83 bits per heavy atom. The Morgan fingerprint density at radius 3 is 2.39 bits per heavy atom. The lowest BCUT2D eigenvalue weighted by Crippen LogP contribution is -2.12. The topological polar surface area (TPSA) is 32.3 Å². The Bertz CT molecular complexity index is 536. The molecule has 2 nitrogen and oxygen atoms in total. The fraction of sp³-hybridized carbons (Fsp3) is 0.167. The van der Waals surface area contributed by atoms with Gasteiger partial charge < -0.3 is 10.4 Å². The van der Waals surface area contributed by atoms with Gasteiger partial charge in [0.15, 0.2) is 17.4 Å². The molecule has 0 bridgehead atoms. The van der Waals surface area contributed by atoms with Crippen LogP contribution < -0.4 is 5.32 Å². The van der Waals surface area contributed by atoms with E-state index in [0.29, 0.717) is 18.7 Å². The largest absolute Gasteiger partial charge is 0.503 e. The molecule has 0 aliphatic carbocycles. The standard InChI is InChI=1S/C12H10BrF2NOS/c13-8-3-9(18-6-8)5-16-4-7-1-10(14)12(17)11(15)2-7/h1-3,6,16-17H,4-5H2. The van der Waals surface area contributed by atoms with E-state index < -0.39 is 17.4 Å². The summed E-state index contributed by atoms with van der Waals surface area (Å²) in [6.07, 6.45) is 0. The van der Waals surface area contributed by atoms with Crippen molar-refractivity contribution in [1.29, 1.82) is 0 Å². The van der Waals surface area contributed by atoms with E-state index in [0.717, 1.165) is 21.5 Å². The first-order valence-corrected chi connectivity index (χ1v) is 6.84. The maximum Gasteiger partial charge on any atom is 0.187 e. The molecule has 0 fully saturated rings. The monoisotopic (exact) mass is 333 g/mol. The average molecular weight is 334 g/mol. The molecule has 1 aromatic heterocycles. The lowest BCUT2D eigenvalue weighted by atomic mass is 10.2. The number of hydrogen-bond donors (Lipinski definition) is 2. The van der Waals surface area contributed by atoms with Gasteiger partial charge in [-0.1, -0.05) is 0 Å². The SMILES string of the molecule is Oc1c(F)cc(CNCc2cc(Br)cs2)cc1F. The number of thiophene rings is 1. The van der Waals surface area contributed by atoms with E-state index >= 15 is 0 Å². The highest BCUT2D eigenvalue weighted by atomic mass is 79.9. The van der Waals surface area contributed by atoms with Crippen LogP contribution in [-0.4, -0.2) is 5.11 Å². The van der Waals surface area contributed by atoms with E-state index in [2.05, 4.69) is 21.2 Å². The molecule has 2 rings (SSSR count). The zero-order chi connectivity index (χ0) is 13.1. The van der Waals surface area contributed by atoms with Gasteiger partial charge in [-0.15, -0.1) is 11.3 Å². The van der Waals surface area contributed by atoms with Crippen LogP contribution in [0.25, 0.3) is 0 Å². The number of phenolic OH excluding ortho intramolecular Hbond substituents is 1. The number of rotatable bonds is 4. The van der Waals surface area contributed by atoms with Crippen LogP contribution >= 0.6 is 27.3 Å². The minimum atomic E-state index is -0.939. The number of nitrogens with one attached hydrogen (secondary N) is 1. The van der Waals surface area contributed by atoms with Gasteiger partial charge in [0.25, 0.3) is 0 Å². The van der Waals surface area contributed by atoms with Gasteiger partial charge in [-0.05, 0) is 39.7 Å². The lowest BCUT2D eigenvalue weighted by molar-refractivity contribution is 0.395. The molecule has 0 aliphatic heterocycles. The summed E-state index contributed by atoms with van der Waals surface area (Å²) in [5, 5.41) is 14.0. The zero-order valence-electron chi connectivity index (χ0n) is 9.21. The predicted molar refractivity (Wildman–Crippen MR) is 70.6 cm³/mol. The maximum atomic E-state index is 13.1. The summed E-state index contributed by atoms with van der Waals surface area (Å²) in [7, 11) is 0. The highest BCUT2D eigenvalue weighted by Crippen LogP contribution is 2.22. The molecule has 0 amide bonds. The molecule has 0 atom stereocenters. The van der Waals surface area contributed by atoms with Crippen LogP contribution in [0.4, 0.5) is 8.78 Å². The molecule has 0 aliphatic rings. The van der Waals surface area contributed by atoms with Crippen molar-refractivity contribution in [2.24, 2.45) is 0 Å². The molecule has 0 spiro atoms. The third kappa shape index (κ3) is 3.28. The number of aromatic hydroxyl groups is 1. The van der Waals surface area contributed by atoms with Crippen LogP contribution in [0.2, 0.25) is 0 Å². The van der Waals surface area contributed by atoms with Gasteiger partial charge in [0.05, 0.1) is 0 Å². The summed E-state index contributed by atoms with van der Waals surface area (Å²) in [5.74, 6) is -2.81. The predicted octanol–water partition coefficient (Wildman–Crippen LogP) is 3.78. The lowest BCUT2D eigenvalue weighted by Gasteiger charge is -2.05. The molecule has 2 N–H and O–H groups in total. The molecule has 6 heteroatoms. The fourth-order valence-electron chi connectivity index (χ4n) is 1.50. The Balaban J connectivity index is 1.94. The van der Waals surface area contributed by atoms with Gasteiger partial charge in [-0.25, -0.2) is 8.78 Å². The third-order valence-corrected chi connectivity index (χ3v) is 4.02. The Hall–Kier alpha value is -0.980. The van der Waals surface area contributed by atoms with Gasteiger partial charge in [0, 0.05) is 27.8 Å². The Kier molecular flexibility index (Phi) is 4.31. The molecular formula is C12H10BrF2NOS. The van der Waals surface area contributed by atoms with Crippen molar-refractivity contribution in [1.82, 2.24) is 5.32 Å². The van der Waals surface area contributed by atoms with Crippen LogP contribution in [0.3, 0.4) is 0 Å². The minimum absolute atomic E-state index is 0.337. The molecule has 2 aromatic rings. The second-order valence-electron chi connectivity index (χ2n) is 3.74. The Morgan fingerprint density at radius 1 is 1.17 bits per heavy atom. The third-order valence-electron chi connectivity index (χ3n) is 2.33. The molecule has 0 unspecified atom stereocenters. The van der Waals surface area contributed by atoms with Crippen molar-refractivity contribution in [3.8, 4) is 5.75 Å². The molecular weight excluding hydrogens is 324 g/mol. The maximum absolute atomic E-state index is 13.1. The zero-order valence-corrected chi connectivity index (χ0v) is 11.6. The van der Waals surface area contributed by atoms with Crippen molar-refractivity contribution < 1.29 is 13.9 Å². The van der Waals surface area contributed by atoms with Gasteiger partial charge >= 0.3 is 0 Å². The van der Waals surface area contributed by atoms with Crippen molar-refractivity contribution in [2.75, 3.05) is 0 Å². The molecule has 0 radical (unpaired) electrons. The molecule has 0 saturated carbocycles. The van der Waals surface area contributed by atoms with Gasteiger partial charge in [0.1, 0.15) is 0 Å². The van der Waals surface area contributed by atoms with E-state index in [4.69, 9.17) is 5.11 Å². The quantitative estimate of drug-likeness (QED) is 0.892. The van der Waals surface area contributed by atoms with Gasteiger partial charge in [0.2, 0.25) is 0 Å². The first kappa shape index (κ1) is 13.5. The number of benzene rings is 1. The van der Waals surface area contributed by atoms with E-state index in [1.807, 2.05) is 11.4 Å². The van der Waals surface area contributed by atoms with Crippen LogP contribution in [-0.2, 0) is 13.1 Å². The smallest absolute Gasteiger partial charge is 0.187 e. The van der Waals surface area contributed by atoms with Crippen molar-refractivity contribution in [2.45, 2.75) is 13.1 Å². The fourth-order valence-corrected chi connectivity index (χ4v) is 2.92. The summed E-state index contributed by atoms with van der Waals surface area (Å²) < 4.78 is 27.2. The number of halogens is 3. The first-order chi connectivity index (χ1) is 8.56. The van der Waals surface area contributed by atoms with Crippen molar-refractivity contribution in [3.63, 3.8) is 0 Å². The van der Waals surface area contributed by atoms with Crippen LogP contribution in [0.1, 0.15) is 10.4 Å². The van der Waals surface area contributed by atoms with E-state index in [1.54, 1.807) is 11.3 Å². The van der Waals surface area contributed by atoms with Crippen LogP contribution in [0.15, 0.2) is 28.1 Å². The summed E-state index contributed by atoms with van der Waals surface area (Å²) in [6.45, 7) is 0.962. The molecule has 1 aromatic carbocycles. The van der Waals surface area contributed by atoms with E-state index in [1.165, 1.54) is 0 Å². The van der Waals surface area contributed by atoms with Gasteiger partial charge in [-0.3, -0.25) is 0 Å². The molecule has 0 saturated heterocycles. The van der Waals surface area contributed by atoms with Crippen molar-refractivity contribution in [3.05, 3.63) is 50.1 Å². The molecule has 1 heterocycles. The summed E-state index contributed by atoms with van der Waals surface area (Å²) >= 11 is 4.95. The second kappa shape index (κ2) is 5.77. The highest BCUT2D eigenvalue weighted by molar-refractivity contribution is 9.10. The summed E-state index contributed by atoms with van der Waals surface area (Å²) in [6, 6.07) is 4.22. The summed E-state index contributed by atoms with van der Waals surface area (Å²) in [5.41, 5.74) is 0.457. The second-order valence-corrected chi connectivity index (χ2v) is 5.65. The van der Waals surface area contributed by atoms with Gasteiger partial charge in [-0.2, -0.15) is 0 Å². The first-order valence-electron chi connectivity index (χ1n) is 5.17. The Labute approximate surface area is 115 Å². The normalized spacial score (nSPS) is 10.8. The van der Waals surface area contributed by atoms with Crippen molar-refractivity contribution >= 4 is 27.3 Å². The number of phenols is 1. The minimum Gasteiger partial charge on any atom is -0.503 e. The highest BCUT2D eigenvalue weighted by Gasteiger charge is 2.09. The summed E-state index contributed by atoms with van der Waals surface area (Å²) in [4.78, 5) is 1.13. The van der Waals surface area contributed by atoms with Crippen LogP contribution in [0, 0.1) is 11.6 Å². The van der Waals surface area contributed by atoms with Crippen LogP contribution in [0.5, 0.6) is 5.75 Å². The van der Waals surface area contributed by atoms with E-state index in [-0.39, 0.29) is 0 Å². The molecule has 96 valence electrons. The van der Waals surface area contributed by atoms with E-state index in [9.17, 15) is 8.78 Å².